The summed E-state index contributed by atoms with van der Waals surface area (Å²) in [5.41, 5.74) is 4.35. The Balaban J connectivity index is 2.17. The van der Waals surface area contributed by atoms with E-state index >= 15 is 0 Å². The van der Waals surface area contributed by atoms with E-state index in [-0.39, 0.29) is 0 Å². The zero-order chi connectivity index (χ0) is 12.7. The molecule has 0 amide bonds. The van der Waals surface area contributed by atoms with Crippen LogP contribution in [0.25, 0.3) is 16.6 Å². The number of H-pyrrole nitrogens is 1. The molecule has 0 unspecified atom stereocenters. The fraction of sp³-hybridized carbons (Fsp3) is 0.267. The molecule has 1 aromatic heterocycles. The smallest absolute Gasteiger partial charge is 0.0677 e. The molecule has 2 aromatic rings. The van der Waals surface area contributed by atoms with E-state index < -0.39 is 0 Å². The van der Waals surface area contributed by atoms with Gasteiger partial charge in [0.15, 0.2) is 0 Å². The summed E-state index contributed by atoms with van der Waals surface area (Å²) in [6.07, 6.45) is 4.90. The predicted molar refractivity (Wildman–Crippen MR) is 78.5 cm³/mol. The average Bonchev–Trinajstić information content (AvgIpc) is 2.95. The second-order valence-electron chi connectivity index (χ2n) is 4.94. The second kappa shape index (κ2) is 4.29. The molecule has 0 bridgehead atoms. The first-order chi connectivity index (χ1) is 8.65. The van der Waals surface area contributed by atoms with Gasteiger partial charge in [-0.25, -0.2) is 0 Å². The van der Waals surface area contributed by atoms with Crippen molar-refractivity contribution in [2.24, 2.45) is 4.99 Å². The number of aliphatic imine (C=N–C) groups is 1. The summed E-state index contributed by atoms with van der Waals surface area (Å²) < 4.78 is 0. The van der Waals surface area contributed by atoms with E-state index in [1.807, 2.05) is 12.3 Å². The lowest BCUT2D eigenvalue weighted by atomic mass is 10.1. The van der Waals surface area contributed by atoms with Crippen LogP contribution in [0.5, 0.6) is 0 Å². The van der Waals surface area contributed by atoms with E-state index in [1.54, 1.807) is 0 Å². The molecule has 1 aliphatic heterocycles. The van der Waals surface area contributed by atoms with Crippen LogP contribution in [0.3, 0.4) is 0 Å². The Morgan fingerprint density at radius 2 is 2.11 bits per heavy atom. The number of aromatic nitrogens is 1. The molecule has 3 heteroatoms. The molecule has 0 aliphatic carbocycles. The molecule has 0 saturated carbocycles. The molecule has 0 spiro atoms. The molecule has 0 saturated heterocycles. The third-order valence-corrected chi connectivity index (χ3v) is 3.59. The molecule has 1 aromatic carbocycles. The largest absolute Gasteiger partial charge is 0.358 e. The van der Waals surface area contributed by atoms with Crippen LogP contribution >= 0.6 is 11.6 Å². The van der Waals surface area contributed by atoms with Gasteiger partial charge in [0, 0.05) is 34.8 Å². The minimum absolute atomic E-state index is 0.489. The number of halogens is 1. The first-order valence-corrected chi connectivity index (χ1v) is 6.58. The maximum Gasteiger partial charge on any atom is 0.0677 e. The predicted octanol–water partition coefficient (Wildman–Crippen LogP) is 4.76. The molecule has 0 atom stereocenters. The summed E-state index contributed by atoms with van der Waals surface area (Å²) in [5, 5.41) is 1.93. The molecule has 3 rings (SSSR count). The lowest BCUT2D eigenvalue weighted by Gasteiger charge is -2.03. The van der Waals surface area contributed by atoms with Gasteiger partial charge in [-0.1, -0.05) is 31.5 Å². The standard InChI is InChI=1S/C15H15ClN2/c1-9(2)14-7-10-6-12(16)11(8-15(10)18-14)13-4-3-5-17-13/h4-9,18H,3H2,1-2H3. The Kier molecular flexibility index (Phi) is 2.75. The van der Waals surface area contributed by atoms with Crippen LogP contribution in [-0.2, 0) is 0 Å². The summed E-state index contributed by atoms with van der Waals surface area (Å²) >= 11 is 6.34. The third kappa shape index (κ3) is 1.87. The van der Waals surface area contributed by atoms with Crippen molar-refractivity contribution in [3.8, 4) is 0 Å². The van der Waals surface area contributed by atoms with Crippen molar-refractivity contribution in [2.45, 2.75) is 26.2 Å². The van der Waals surface area contributed by atoms with Crippen molar-refractivity contribution in [1.29, 1.82) is 0 Å². The zero-order valence-corrected chi connectivity index (χ0v) is 11.3. The fourth-order valence-electron chi connectivity index (χ4n) is 2.23. The molecule has 0 radical (unpaired) electrons. The summed E-state index contributed by atoms with van der Waals surface area (Å²) in [7, 11) is 0. The Morgan fingerprint density at radius 3 is 2.78 bits per heavy atom. The van der Waals surface area contributed by atoms with Crippen molar-refractivity contribution in [2.75, 3.05) is 0 Å². The maximum absolute atomic E-state index is 6.34. The number of nitrogens with one attached hydrogen (secondary N) is 1. The van der Waals surface area contributed by atoms with Crippen LogP contribution in [0.4, 0.5) is 0 Å². The van der Waals surface area contributed by atoms with Crippen molar-refractivity contribution < 1.29 is 0 Å². The van der Waals surface area contributed by atoms with Gasteiger partial charge in [0.25, 0.3) is 0 Å². The van der Waals surface area contributed by atoms with Crippen LogP contribution in [0, 0.1) is 0 Å². The van der Waals surface area contributed by atoms with Crippen LogP contribution in [0.15, 0.2) is 29.3 Å². The lowest BCUT2D eigenvalue weighted by Crippen LogP contribution is -1.85. The Bertz CT molecular complexity index is 662. The highest BCUT2D eigenvalue weighted by Crippen LogP contribution is 2.32. The first-order valence-electron chi connectivity index (χ1n) is 6.20. The third-order valence-electron chi connectivity index (χ3n) is 3.27. The van der Waals surface area contributed by atoms with E-state index in [0.29, 0.717) is 5.92 Å². The van der Waals surface area contributed by atoms with E-state index in [0.717, 1.165) is 33.6 Å². The van der Waals surface area contributed by atoms with Gasteiger partial charge in [-0.15, -0.1) is 0 Å². The minimum atomic E-state index is 0.489. The van der Waals surface area contributed by atoms with E-state index in [2.05, 4.69) is 42.0 Å². The number of benzene rings is 1. The van der Waals surface area contributed by atoms with Gasteiger partial charge in [0.1, 0.15) is 0 Å². The van der Waals surface area contributed by atoms with Crippen molar-refractivity contribution in [3.05, 3.63) is 40.6 Å². The number of nitrogens with zero attached hydrogens (tertiary/aromatic N) is 1. The zero-order valence-electron chi connectivity index (χ0n) is 10.5. The van der Waals surface area contributed by atoms with E-state index in [9.17, 15) is 0 Å². The summed E-state index contributed by atoms with van der Waals surface area (Å²) in [6, 6.07) is 6.28. The molecule has 1 N–H and O–H groups in total. The van der Waals surface area contributed by atoms with Gasteiger partial charge < -0.3 is 4.98 Å². The summed E-state index contributed by atoms with van der Waals surface area (Å²) in [6.45, 7) is 4.36. The van der Waals surface area contributed by atoms with Gasteiger partial charge in [0.2, 0.25) is 0 Å². The van der Waals surface area contributed by atoms with Crippen molar-refractivity contribution in [3.63, 3.8) is 0 Å². The van der Waals surface area contributed by atoms with Gasteiger partial charge in [-0.3, -0.25) is 4.99 Å². The number of rotatable bonds is 2. The number of hydrogen-bond donors (Lipinski definition) is 1. The highest BCUT2D eigenvalue weighted by Gasteiger charge is 2.12. The topological polar surface area (TPSA) is 28.1 Å². The van der Waals surface area contributed by atoms with Crippen molar-refractivity contribution >= 4 is 34.4 Å². The first kappa shape index (κ1) is 11.5. The maximum atomic E-state index is 6.34. The number of hydrogen-bond acceptors (Lipinski definition) is 1. The molecule has 2 heterocycles. The van der Waals surface area contributed by atoms with Gasteiger partial charge in [0.05, 0.1) is 10.7 Å². The minimum Gasteiger partial charge on any atom is -0.358 e. The molecular weight excluding hydrogens is 244 g/mol. The number of fused-ring (bicyclic) bond motifs is 1. The number of allylic oxidation sites excluding steroid dienone is 1. The monoisotopic (exact) mass is 258 g/mol. The van der Waals surface area contributed by atoms with Crippen molar-refractivity contribution in [1.82, 2.24) is 4.98 Å². The average molecular weight is 259 g/mol. The van der Waals surface area contributed by atoms with E-state index in [4.69, 9.17) is 11.6 Å². The SMILES string of the molecule is CC(C)c1cc2cc(Cl)c(C3=CCC=N3)cc2[nH]1. The lowest BCUT2D eigenvalue weighted by molar-refractivity contribution is 0.836. The molecule has 92 valence electrons. The second-order valence-corrected chi connectivity index (χ2v) is 5.34. The van der Waals surface area contributed by atoms with Gasteiger partial charge >= 0.3 is 0 Å². The summed E-state index contributed by atoms with van der Waals surface area (Å²) in [4.78, 5) is 7.80. The molecular formula is C15H15ClN2. The molecule has 2 nitrogen and oxygen atoms in total. The highest BCUT2D eigenvalue weighted by atomic mass is 35.5. The fourth-order valence-corrected chi connectivity index (χ4v) is 2.50. The van der Waals surface area contributed by atoms with Gasteiger partial charge in [-0.2, -0.15) is 0 Å². The summed E-state index contributed by atoms with van der Waals surface area (Å²) in [5.74, 6) is 0.489. The molecule has 0 fully saturated rings. The number of aromatic amines is 1. The quantitative estimate of drug-likeness (QED) is 0.805. The van der Waals surface area contributed by atoms with Crippen LogP contribution < -0.4 is 0 Å². The van der Waals surface area contributed by atoms with Gasteiger partial charge in [-0.05, 0) is 24.1 Å². The van der Waals surface area contributed by atoms with Crippen LogP contribution in [0.2, 0.25) is 5.02 Å². The molecule has 1 aliphatic rings. The molecule has 18 heavy (non-hydrogen) atoms. The Labute approximate surface area is 111 Å². The Hall–Kier alpha value is -1.54. The van der Waals surface area contributed by atoms with E-state index in [1.165, 1.54) is 5.69 Å². The Morgan fingerprint density at radius 1 is 1.28 bits per heavy atom. The van der Waals surface area contributed by atoms with Crippen LogP contribution in [-0.4, -0.2) is 11.2 Å². The highest BCUT2D eigenvalue weighted by molar-refractivity contribution is 6.33. The van der Waals surface area contributed by atoms with Crippen LogP contribution in [0.1, 0.15) is 37.4 Å². The normalized spacial score (nSPS) is 14.8.